The first-order chi connectivity index (χ1) is 18.1. The number of halogens is 6. The first kappa shape index (κ1) is 25.3. The van der Waals surface area contributed by atoms with Gasteiger partial charge in [-0.15, -0.1) is 0 Å². The molecule has 0 bridgehead atoms. The maximum Gasteiger partial charge on any atom is 0.416 e. The molecule has 4 aromatic carbocycles. The van der Waals surface area contributed by atoms with Crippen molar-refractivity contribution >= 4 is 28.1 Å². The molecule has 0 radical (unpaired) electrons. The van der Waals surface area contributed by atoms with Crippen LogP contribution in [0.2, 0.25) is 0 Å². The molecular formula is C31H18F6O. The summed E-state index contributed by atoms with van der Waals surface area (Å²) in [6, 6.07) is 26.2. The SMILES string of the molecule is O=C1C(c2ccccc2)=C(c2ccc(C(F)(F)F)cc2)C(c2ccc(C(F)(F)F)cc2)=C1c1ccccc1. The van der Waals surface area contributed by atoms with Crippen LogP contribution < -0.4 is 0 Å². The smallest absolute Gasteiger partial charge is 0.289 e. The van der Waals surface area contributed by atoms with E-state index in [9.17, 15) is 31.1 Å². The summed E-state index contributed by atoms with van der Waals surface area (Å²) in [5, 5.41) is 0. The van der Waals surface area contributed by atoms with Crippen LogP contribution in [-0.2, 0) is 17.1 Å². The van der Waals surface area contributed by atoms with Gasteiger partial charge in [-0.1, -0.05) is 84.9 Å². The molecule has 0 unspecified atom stereocenters. The number of allylic oxidation sites excluding steroid dienone is 4. The molecule has 0 spiro atoms. The minimum atomic E-state index is -4.55. The van der Waals surface area contributed by atoms with Gasteiger partial charge in [0.25, 0.3) is 0 Å². The Kier molecular flexibility index (Phi) is 6.31. The van der Waals surface area contributed by atoms with Gasteiger partial charge in [-0.2, -0.15) is 26.3 Å². The van der Waals surface area contributed by atoms with Crippen molar-refractivity contribution in [2.75, 3.05) is 0 Å². The molecule has 4 aromatic rings. The molecule has 1 nitrogen and oxygen atoms in total. The van der Waals surface area contributed by atoms with E-state index in [1.807, 2.05) is 0 Å². The maximum atomic E-state index is 14.1. The lowest BCUT2D eigenvalue weighted by Gasteiger charge is -2.15. The fraction of sp³-hybridized carbons (Fsp3) is 0.0645. The highest BCUT2D eigenvalue weighted by Crippen LogP contribution is 2.50. The number of carbonyl (C=O) groups is 1. The molecule has 0 aliphatic heterocycles. The zero-order valence-electron chi connectivity index (χ0n) is 19.6. The molecule has 1 aliphatic carbocycles. The van der Waals surface area contributed by atoms with Crippen LogP contribution in [0.15, 0.2) is 109 Å². The van der Waals surface area contributed by atoms with Crippen LogP contribution in [0.25, 0.3) is 22.3 Å². The molecule has 0 amide bonds. The van der Waals surface area contributed by atoms with Crippen LogP contribution in [0.1, 0.15) is 33.4 Å². The number of alkyl halides is 6. The summed E-state index contributed by atoms with van der Waals surface area (Å²) in [6.45, 7) is 0. The Morgan fingerprint density at radius 1 is 0.368 bits per heavy atom. The van der Waals surface area contributed by atoms with Gasteiger partial charge in [0.2, 0.25) is 0 Å². The standard InChI is InChI=1S/C31H18F6O/c32-30(33,34)23-15-11-21(12-16-23)25-26(22-13-17-24(18-14-22)31(35,36)37)28(20-9-5-2-6-10-20)29(38)27(25)19-7-3-1-4-8-19/h1-18H. The molecule has 1 aliphatic rings. The van der Waals surface area contributed by atoms with Gasteiger partial charge >= 0.3 is 12.4 Å². The molecule has 38 heavy (non-hydrogen) atoms. The monoisotopic (exact) mass is 520 g/mol. The Bertz CT molecular complexity index is 1420. The van der Waals surface area contributed by atoms with E-state index in [0.29, 0.717) is 33.4 Å². The second kappa shape index (κ2) is 9.49. The topological polar surface area (TPSA) is 17.1 Å². The zero-order chi connectivity index (χ0) is 27.1. The van der Waals surface area contributed by atoms with Crippen LogP contribution in [0.5, 0.6) is 0 Å². The summed E-state index contributed by atoms with van der Waals surface area (Å²) in [4.78, 5) is 14.1. The quantitative estimate of drug-likeness (QED) is 0.246. The lowest BCUT2D eigenvalue weighted by molar-refractivity contribution is -0.138. The fourth-order valence-electron chi connectivity index (χ4n) is 4.59. The minimum absolute atomic E-state index is 0.263. The Morgan fingerprint density at radius 3 is 0.947 bits per heavy atom. The van der Waals surface area contributed by atoms with Crippen molar-refractivity contribution in [1.29, 1.82) is 0 Å². The number of benzene rings is 4. The molecule has 7 heteroatoms. The fourth-order valence-corrected chi connectivity index (χ4v) is 4.59. The first-order valence-corrected chi connectivity index (χ1v) is 11.6. The van der Waals surface area contributed by atoms with Crippen molar-refractivity contribution < 1.29 is 31.1 Å². The van der Waals surface area contributed by atoms with Gasteiger partial charge in [-0.3, -0.25) is 4.79 Å². The highest BCUT2D eigenvalue weighted by Gasteiger charge is 2.37. The van der Waals surface area contributed by atoms with E-state index in [-0.39, 0.29) is 16.9 Å². The Labute approximate surface area is 214 Å². The van der Waals surface area contributed by atoms with Crippen LogP contribution in [0, 0.1) is 0 Å². The van der Waals surface area contributed by atoms with E-state index in [0.717, 1.165) is 24.3 Å². The largest absolute Gasteiger partial charge is 0.416 e. The third-order valence-electron chi connectivity index (χ3n) is 6.33. The zero-order valence-corrected chi connectivity index (χ0v) is 19.6. The van der Waals surface area contributed by atoms with Crippen molar-refractivity contribution in [2.24, 2.45) is 0 Å². The molecule has 0 aromatic heterocycles. The van der Waals surface area contributed by atoms with Crippen LogP contribution in [0.4, 0.5) is 26.3 Å². The van der Waals surface area contributed by atoms with Gasteiger partial charge in [0, 0.05) is 22.3 Å². The summed E-state index contributed by atoms with van der Waals surface area (Å²) in [7, 11) is 0. The number of carbonyl (C=O) groups excluding carboxylic acids is 1. The van der Waals surface area contributed by atoms with E-state index in [1.165, 1.54) is 24.3 Å². The molecule has 0 N–H and O–H groups in total. The molecule has 0 fully saturated rings. The van der Waals surface area contributed by atoms with Crippen molar-refractivity contribution in [2.45, 2.75) is 12.4 Å². The highest BCUT2D eigenvalue weighted by atomic mass is 19.4. The third kappa shape index (κ3) is 4.67. The van der Waals surface area contributed by atoms with Gasteiger partial charge in [0.05, 0.1) is 11.1 Å². The molecule has 0 saturated carbocycles. The number of rotatable bonds is 4. The summed E-state index contributed by atoms with van der Waals surface area (Å²) in [5.74, 6) is -0.368. The molecule has 190 valence electrons. The van der Waals surface area contributed by atoms with Crippen LogP contribution in [-0.4, -0.2) is 5.78 Å². The van der Waals surface area contributed by atoms with Crippen molar-refractivity contribution in [3.05, 3.63) is 143 Å². The van der Waals surface area contributed by atoms with Crippen LogP contribution in [0.3, 0.4) is 0 Å². The van der Waals surface area contributed by atoms with Gasteiger partial charge < -0.3 is 0 Å². The predicted molar refractivity (Wildman–Crippen MR) is 134 cm³/mol. The van der Waals surface area contributed by atoms with Gasteiger partial charge in [0.1, 0.15) is 0 Å². The average Bonchev–Trinajstić information content (AvgIpc) is 3.21. The van der Waals surface area contributed by atoms with E-state index >= 15 is 0 Å². The lowest BCUT2D eigenvalue weighted by atomic mass is 9.88. The van der Waals surface area contributed by atoms with Crippen molar-refractivity contribution in [3.8, 4) is 0 Å². The van der Waals surface area contributed by atoms with E-state index in [1.54, 1.807) is 60.7 Å². The number of Topliss-reactive ketones (excluding diaryl/α,β-unsaturated/α-hetero) is 1. The maximum absolute atomic E-state index is 14.1. The minimum Gasteiger partial charge on any atom is -0.289 e. The first-order valence-electron chi connectivity index (χ1n) is 11.6. The van der Waals surface area contributed by atoms with E-state index in [4.69, 9.17) is 0 Å². The van der Waals surface area contributed by atoms with Gasteiger partial charge in [-0.25, -0.2) is 0 Å². The Balaban J connectivity index is 1.81. The predicted octanol–water partition coefficient (Wildman–Crippen LogP) is 8.83. The Morgan fingerprint density at radius 2 is 0.658 bits per heavy atom. The van der Waals surface area contributed by atoms with E-state index < -0.39 is 23.5 Å². The molecule has 5 rings (SSSR count). The molecular weight excluding hydrogens is 502 g/mol. The number of hydrogen-bond donors (Lipinski definition) is 0. The molecule has 0 atom stereocenters. The van der Waals surface area contributed by atoms with Crippen molar-refractivity contribution in [1.82, 2.24) is 0 Å². The third-order valence-corrected chi connectivity index (χ3v) is 6.33. The normalized spacial score (nSPS) is 14.4. The second-order valence-electron chi connectivity index (χ2n) is 8.71. The lowest BCUT2D eigenvalue weighted by Crippen LogP contribution is -2.05. The van der Waals surface area contributed by atoms with Gasteiger partial charge in [0.15, 0.2) is 5.78 Å². The Hall–Kier alpha value is -4.39. The molecule has 0 heterocycles. The van der Waals surface area contributed by atoms with Crippen LogP contribution >= 0.6 is 0 Å². The highest BCUT2D eigenvalue weighted by molar-refractivity contribution is 6.59. The summed E-state index contributed by atoms with van der Waals surface area (Å²) in [5.41, 5.74) is 1.30. The number of ketones is 1. The van der Waals surface area contributed by atoms with Gasteiger partial charge in [-0.05, 0) is 46.5 Å². The number of hydrogen-bond acceptors (Lipinski definition) is 1. The second-order valence-corrected chi connectivity index (χ2v) is 8.71. The van der Waals surface area contributed by atoms with E-state index in [2.05, 4.69) is 0 Å². The summed E-state index contributed by atoms with van der Waals surface area (Å²) >= 11 is 0. The average molecular weight is 520 g/mol. The summed E-state index contributed by atoms with van der Waals surface area (Å²) < 4.78 is 79.8. The summed E-state index contributed by atoms with van der Waals surface area (Å²) in [6.07, 6.45) is -9.11. The molecule has 0 saturated heterocycles. The van der Waals surface area contributed by atoms with Crippen molar-refractivity contribution in [3.63, 3.8) is 0 Å².